The molecule has 0 N–H and O–H groups in total. The van der Waals surface area contributed by atoms with Crippen LogP contribution in [0.4, 0.5) is 5.82 Å². The van der Waals surface area contributed by atoms with Crippen molar-refractivity contribution >= 4 is 12.2 Å². The van der Waals surface area contributed by atoms with Crippen molar-refractivity contribution in [1.29, 1.82) is 0 Å². The standard InChI is InChI=1S/C13H17N3O/c17-10-15-5-7-16(8-6-15)13-4-3-12(9-14-13)11-1-2-11/h3-4,9-11H,1-2,5-8H2. The number of hydrogen-bond acceptors (Lipinski definition) is 3. The molecule has 1 aliphatic carbocycles. The highest BCUT2D eigenvalue weighted by Crippen LogP contribution is 2.39. The summed E-state index contributed by atoms with van der Waals surface area (Å²) in [6.07, 6.45) is 5.58. The molecule has 4 nitrogen and oxygen atoms in total. The monoisotopic (exact) mass is 231 g/mol. The minimum Gasteiger partial charge on any atom is -0.353 e. The molecule has 1 saturated heterocycles. The minimum atomic E-state index is 0.767. The average molecular weight is 231 g/mol. The van der Waals surface area contributed by atoms with Gasteiger partial charge < -0.3 is 9.80 Å². The van der Waals surface area contributed by atoms with Crippen molar-refractivity contribution < 1.29 is 4.79 Å². The van der Waals surface area contributed by atoms with Crippen LogP contribution in [0.5, 0.6) is 0 Å². The van der Waals surface area contributed by atoms with Crippen molar-refractivity contribution in [3.63, 3.8) is 0 Å². The van der Waals surface area contributed by atoms with Crippen LogP contribution in [0.1, 0.15) is 24.3 Å². The van der Waals surface area contributed by atoms with Crippen LogP contribution in [0.3, 0.4) is 0 Å². The number of amides is 1. The van der Waals surface area contributed by atoms with Crippen LogP contribution >= 0.6 is 0 Å². The second-order valence-electron chi connectivity index (χ2n) is 4.85. The van der Waals surface area contributed by atoms with Gasteiger partial charge in [-0.2, -0.15) is 0 Å². The van der Waals surface area contributed by atoms with Crippen molar-refractivity contribution in [3.05, 3.63) is 23.9 Å². The van der Waals surface area contributed by atoms with Crippen molar-refractivity contribution in [2.75, 3.05) is 31.1 Å². The molecule has 1 aliphatic heterocycles. The van der Waals surface area contributed by atoms with Crippen LogP contribution in [-0.4, -0.2) is 42.5 Å². The van der Waals surface area contributed by atoms with E-state index in [9.17, 15) is 4.79 Å². The molecule has 90 valence electrons. The molecule has 1 aromatic rings. The Hall–Kier alpha value is -1.58. The summed E-state index contributed by atoms with van der Waals surface area (Å²) in [6.45, 7) is 3.37. The van der Waals surface area contributed by atoms with Crippen molar-refractivity contribution in [2.45, 2.75) is 18.8 Å². The molecule has 1 aromatic heterocycles. The molecular formula is C13H17N3O. The first-order valence-electron chi connectivity index (χ1n) is 6.27. The lowest BCUT2D eigenvalue weighted by Crippen LogP contribution is -2.46. The smallest absolute Gasteiger partial charge is 0.209 e. The number of pyridine rings is 1. The van der Waals surface area contributed by atoms with Crippen LogP contribution in [0.15, 0.2) is 18.3 Å². The van der Waals surface area contributed by atoms with Crippen LogP contribution in [0, 0.1) is 0 Å². The molecule has 0 unspecified atom stereocenters. The Morgan fingerprint density at radius 3 is 2.47 bits per heavy atom. The summed E-state index contributed by atoms with van der Waals surface area (Å²) in [5.41, 5.74) is 1.38. The first kappa shape index (κ1) is 10.6. The maximum atomic E-state index is 10.6. The normalized spacial score (nSPS) is 20.5. The summed E-state index contributed by atoms with van der Waals surface area (Å²) < 4.78 is 0. The zero-order valence-electron chi connectivity index (χ0n) is 9.88. The molecule has 1 amide bonds. The van der Waals surface area contributed by atoms with Crippen molar-refractivity contribution in [1.82, 2.24) is 9.88 Å². The van der Waals surface area contributed by atoms with Crippen molar-refractivity contribution in [2.24, 2.45) is 0 Å². The molecule has 0 atom stereocenters. The summed E-state index contributed by atoms with van der Waals surface area (Å²) in [4.78, 5) is 19.2. The summed E-state index contributed by atoms with van der Waals surface area (Å²) in [5.74, 6) is 1.81. The molecule has 4 heteroatoms. The van der Waals surface area contributed by atoms with Gasteiger partial charge in [0, 0.05) is 32.4 Å². The first-order valence-corrected chi connectivity index (χ1v) is 6.27. The lowest BCUT2D eigenvalue weighted by molar-refractivity contribution is -0.118. The topological polar surface area (TPSA) is 36.4 Å². The van der Waals surface area contributed by atoms with E-state index >= 15 is 0 Å². The quantitative estimate of drug-likeness (QED) is 0.734. The summed E-state index contributed by atoms with van der Waals surface area (Å²) in [6, 6.07) is 4.32. The highest BCUT2D eigenvalue weighted by molar-refractivity contribution is 5.49. The molecule has 2 heterocycles. The number of rotatable bonds is 3. The van der Waals surface area contributed by atoms with Crippen LogP contribution in [-0.2, 0) is 4.79 Å². The second kappa shape index (κ2) is 4.35. The van der Waals surface area contributed by atoms with Gasteiger partial charge >= 0.3 is 0 Å². The number of carbonyl (C=O) groups excluding carboxylic acids is 1. The van der Waals surface area contributed by atoms with E-state index in [1.807, 2.05) is 11.1 Å². The van der Waals surface area contributed by atoms with Gasteiger partial charge in [-0.25, -0.2) is 4.98 Å². The predicted octanol–water partition coefficient (Wildman–Crippen LogP) is 1.24. The Labute approximate surface area is 101 Å². The van der Waals surface area contributed by atoms with Crippen LogP contribution in [0.2, 0.25) is 0 Å². The van der Waals surface area contributed by atoms with Gasteiger partial charge in [0.25, 0.3) is 0 Å². The molecule has 0 bridgehead atoms. The highest BCUT2D eigenvalue weighted by atomic mass is 16.1. The van der Waals surface area contributed by atoms with E-state index in [1.54, 1.807) is 0 Å². The Kier molecular flexibility index (Phi) is 2.71. The van der Waals surface area contributed by atoms with Gasteiger partial charge in [-0.1, -0.05) is 6.07 Å². The van der Waals surface area contributed by atoms with E-state index < -0.39 is 0 Å². The minimum absolute atomic E-state index is 0.767. The lowest BCUT2D eigenvalue weighted by atomic mass is 10.2. The number of aromatic nitrogens is 1. The number of hydrogen-bond donors (Lipinski definition) is 0. The van der Waals surface area contributed by atoms with Gasteiger partial charge in [-0.3, -0.25) is 4.79 Å². The fourth-order valence-corrected chi connectivity index (χ4v) is 2.30. The van der Waals surface area contributed by atoms with Gasteiger partial charge in [-0.05, 0) is 30.4 Å². The van der Waals surface area contributed by atoms with Gasteiger partial charge in [0.1, 0.15) is 5.82 Å². The predicted molar refractivity (Wildman–Crippen MR) is 66.1 cm³/mol. The van der Waals surface area contributed by atoms with E-state index in [1.165, 1.54) is 18.4 Å². The Balaban J connectivity index is 1.65. The average Bonchev–Trinajstić information content (AvgIpc) is 3.24. The Morgan fingerprint density at radius 2 is 1.94 bits per heavy atom. The molecule has 0 spiro atoms. The number of carbonyl (C=O) groups is 1. The first-order chi connectivity index (χ1) is 8.36. The second-order valence-corrected chi connectivity index (χ2v) is 4.85. The van der Waals surface area contributed by atoms with E-state index in [-0.39, 0.29) is 0 Å². The number of anilines is 1. The highest BCUT2D eigenvalue weighted by Gasteiger charge is 2.24. The molecule has 0 aromatic carbocycles. The maximum absolute atomic E-state index is 10.6. The third-order valence-corrected chi connectivity index (χ3v) is 3.61. The van der Waals surface area contributed by atoms with Gasteiger partial charge in [0.15, 0.2) is 0 Å². The number of piperazine rings is 1. The molecule has 0 radical (unpaired) electrons. The van der Waals surface area contributed by atoms with E-state index in [4.69, 9.17) is 0 Å². The van der Waals surface area contributed by atoms with Crippen molar-refractivity contribution in [3.8, 4) is 0 Å². The SMILES string of the molecule is O=CN1CCN(c2ccc(C3CC3)cn2)CC1. The fourth-order valence-electron chi connectivity index (χ4n) is 2.30. The Morgan fingerprint density at radius 1 is 1.18 bits per heavy atom. The lowest BCUT2D eigenvalue weighted by Gasteiger charge is -2.33. The molecule has 2 fully saturated rings. The molecule has 3 rings (SSSR count). The fraction of sp³-hybridized carbons (Fsp3) is 0.538. The van der Waals surface area contributed by atoms with Crippen LogP contribution in [0.25, 0.3) is 0 Å². The van der Waals surface area contributed by atoms with Crippen LogP contribution < -0.4 is 4.90 Å². The summed E-state index contributed by atoms with van der Waals surface area (Å²) in [7, 11) is 0. The van der Waals surface area contributed by atoms with Gasteiger partial charge in [-0.15, -0.1) is 0 Å². The zero-order chi connectivity index (χ0) is 11.7. The van der Waals surface area contributed by atoms with Gasteiger partial charge in [0.2, 0.25) is 6.41 Å². The maximum Gasteiger partial charge on any atom is 0.209 e. The molecule has 2 aliphatic rings. The molecule has 1 saturated carbocycles. The van der Waals surface area contributed by atoms with E-state index in [0.29, 0.717) is 0 Å². The van der Waals surface area contributed by atoms with E-state index in [2.05, 4.69) is 22.0 Å². The third kappa shape index (κ3) is 2.25. The van der Waals surface area contributed by atoms with E-state index in [0.717, 1.165) is 44.3 Å². The number of nitrogens with zero attached hydrogens (tertiary/aromatic N) is 3. The Bertz CT molecular complexity index is 392. The molecular weight excluding hydrogens is 214 g/mol. The van der Waals surface area contributed by atoms with Gasteiger partial charge in [0.05, 0.1) is 0 Å². The largest absolute Gasteiger partial charge is 0.353 e. The third-order valence-electron chi connectivity index (χ3n) is 3.61. The summed E-state index contributed by atoms with van der Waals surface area (Å²) in [5, 5.41) is 0. The molecule has 17 heavy (non-hydrogen) atoms. The summed E-state index contributed by atoms with van der Waals surface area (Å²) >= 11 is 0. The zero-order valence-corrected chi connectivity index (χ0v) is 9.88.